The second-order valence-electron chi connectivity index (χ2n) is 2.76. The minimum Gasteiger partial charge on any atom is -0.309 e. The number of halogens is 1. The van der Waals surface area contributed by atoms with E-state index in [4.69, 9.17) is 11.6 Å². The van der Waals surface area contributed by atoms with Crippen LogP contribution >= 0.6 is 23.4 Å². The van der Waals surface area contributed by atoms with Crippen molar-refractivity contribution < 1.29 is 0 Å². The van der Waals surface area contributed by atoms with Crippen molar-refractivity contribution in [3.63, 3.8) is 0 Å². The predicted molar refractivity (Wildman–Crippen MR) is 56.3 cm³/mol. The molecule has 1 heterocycles. The third kappa shape index (κ3) is 2.74. The summed E-state index contributed by atoms with van der Waals surface area (Å²) >= 11 is 7.21. The third-order valence-corrected chi connectivity index (χ3v) is 3.19. The van der Waals surface area contributed by atoms with Crippen LogP contribution in [-0.2, 0) is 7.05 Å². The van der Waals surface area contributed by atoms with Gasteiger partial charge in [-0.05, 0) is 6.92 Å². The van der Waals surface area contributed by atoms with Crippen LogP contribution in [0, 0.1) is 6.92 Å². The molecule has 0 unspecified atom stereocenters. The number of nitrogens with zero attached hydrogens (tertiary/aromatic N) is 3. The number of alkyl halides is 1. The molecule has 1 aromatic heterocycles. The van der Waals surface area contributed by atoms with Crippen molar-refractivity contribution >= 4 is 23.4 Å². The first-order valence-electron chi connectivity index (χ1n) is 3.86. The highest BCUT2D eigenvalue weighted by molar-refractivity contribution is 7.99. The zero-order valence-electron chi connectivity index (χ0n) is 7.75. The van der Waals surface area contributed by atoms with Crippen LogP contribution < -0.4 is 0 Å². The summed E-state index contributed by atoms with van der Waals surface area (Å²) in [5, 5.41) is 8.87. The molecule has 0 fully saturated rings. The van der Waals surface area contributed by atoms with Gasteiger partial charge in [0.05, 0.1) is 0 Å². The average Bonchev–Trinajstić information content (AvgIpc) is 2.44. The Morgan fingerprint density at radius 2 is 2.31 bits per heavy atom. The topological polar surface area (TPSA) is 30.7 Å². The van der Waals surface area contributed by atoms with E-state index in [0.29, 0.717) is 5.88 Å². The molecule has 0 aromatic carbocycles. The van der Waals surface area contributed by atoms with Crippen molar-refractivity contribution in [1.82, 2.24) is 14.8 Å². The fraction of sp³-hybridized carbons (Fsp3) is 0.500. The number of hydrogen-bond acceptors (Lipinski definition) is 3. The molecule has 0 aliphatic rings. The van der Waals surface area contributed by atoms with E-state index in [0.717, 1.165) is 22.3 Å². The molecule has 13 heavy (non-hydrogen) atoms. The van der Waals surface area contributed by atoms with Gasteiger partial charge in [-0.2, -0.15) is 0 Å². The van der Waals surface area contributed by atoms with Gasteiger partial charge in [-0.1, -0.05) is 23.9 Å². The van der Waals surface area contributed by atoms with Crippen LogP contribution in [0.5, 0.6) is 0 Å². The molecule has 0 saturated heterocycles. The molecule has 0 spiro atoms. The predicted octanol–water partition coefficient (Wildman–Crippen LogP) is 2.01. The summed E-state index contributed by atoms with van der Waals surface area (Å²) in [7, 11) is 1.95. The summed E-state index contributed by atoms with van der Waals surface area (Å²) in [6.07, 6.45) is 0. The lowest BCUT2D eigenvalue weighted by Crippen LogP contribution is -1.95. The van der Waals surface area contributed by atoms with Gasteiger partial charge in [0.25, 0.3) is 0 Å². The quantitative estimate of drug-likeness (QED) is 0.439. The van der Waals surface area contributed by atoms with Gasteiger partial charge in [0.15, 0.2) is 5.16 Å². The molecule has 5 heteroatoms. The first-order chi connectivity index (χ1) is 6.15. The third-order valence-electron chi connectivity index (χ3n) is 1.65. The maximum atomic E-state index is 5.61. The van der Waals surface area contributed by atoms with E-state index in [1.807, 2.05) is 18.5 Å². The molecule has 0 radical (unpaired) electrons. The Kier molecular flexibility index (Phi) is 3.81. The summed E-state index contributed by atoms with van der Waals surface area (Å²) in [5.74, 6) is 2.22. The smallest absolute Gasteiger partial charge is 0.191 e. The number of rotatable bonds is 4. The van der Waals surface area contributed by atoms with Crippen LogP contribution in [0.3, 0.4) is 0 Å². The standard InChI is InChI=1S/C8H12ClN3S/c1-6(4-9)5-13-8-11-10-7(2)12(8)3/h1,4-5H2,2-3H3. The summed E-state index contributed by atoms with van der Waals surface area (Å²) in [6, 6.07) is 0. The van der Waals surface area contributed by atoms with Gasteiger partial charge in [0, 0.05) is 18.7 Å². The van der Waals surface area contributed by atoms with Gasteiger partial charge >= 0.3 is 0 Å². The van der Waals surface area contributed by atoms with Crippen molar-refractivity contribution in [3.8, 4) is 0 Å². The van der Waals surface area contributed by atoms with Crippen LogP contribution in [0.4, 0.5) is 0 Å². The van der Waals surface area contributed by atoms with Crippen LogP contribution in [-0.4, -0.2) is 26.4 Å². The number of thioether (sulfide) groups is 1. The van der Waals surface area contributed by atoms with E-state index < -0.39 is 0 Å². The first-order valence-corrected chi connectivity index (χ1v) is 5.38. The average molecular weight is 218 g/mol. The van der Waals surface area contributed by atoms with Gasteiger partial charge in [-0.25, -0.2) is 0 Å². The number of aromatic nitrogens is 3. The Morgan fingerprint density at radius 1 is 1.62 bits per heavy atom. The van der Waals surface area contributed by atoms with Gasteiger partial charge in [-0.3, -0.25) is 0 Å². The Morgan fingerprint density at radius 3 is 2.77 bits per heavy atom. The normalized spacial score (nSPS) is 10.4. The Labute approximate surface area is 87.2 Å². The SMILES string of the molecule is C=C(CCl)CSc1nnc(C)n1C. The highest BCUT2D eigenvalue weighted by atomic mass is 35.5. The second kappa shape index (κ2) is 4.67. The van der Waals surface area contributed by atoms with E-state index in [9.17, 15) is 0 Å². The lowest BCUT2D eigenvalue weighted by Gasteiger charge is -2.01. The largest absolute Gasteiger partial charge is 0.309 e. The molecular weight excluding hydrogens is 206 g/mol. The molecule has 0 atom stereocenters. The molecule has 0 amide bonds. The van der Waals surface area contributed by atoms with E-state index in [2.05, 4.69) is 16.8 Å². The minimum atomic E-state index is 0.504. The summed E-state index contributed by atoms with van der Waals surface area (Å²) in [4.78, 5) is 0. The van der Waals surface area contributed by atoms with Crippen molar-refractivity contribution in [2.45, 2.75) is 12.1 Å². The summed E-state index contributed by atoms with van der Waals surface area (Å²) in [5.41, 5.74) is 1.01. The van der Waals surface area contributed by atoms with Gasteiger partial charge < -0.3 is 4.57 Å². The molecule has 0 aliphatic carbocycles. The second-order valence-corrected chi connectivity index (χ2v) is 3.97. The van der Waals surface area contributed by atoms with Crippen LogP contribution in [0.2, 0.25) is 0 Å². The number of aryl methyl sites for hydroxylation is 1. The fourth-order valence-electron chi connectivity index (χ4n) is 0.719. The van der Waals surface area contributed by atoms with Crippen LogP contribution in [0.25, 0.3) is 0 Å². The maximum Gasteiger partial charge on any atom is 0.191 e. The van der Waals surface area contributed by atoms with Crippen molar-refractivity contribution in [3.05, 3.63) is 18.0 Å². The van der Waals surface area contributed by atoms with Crippen molar-refractivity contribution in [1.29, 1.82) is 0 Å². The van der Waals surface area contributed by atoms with Crippen molar-refractivity contribution in [2.75, 3.05) is 11.6 Å². The minimum absolute atomic E-state index is 0.504. The molecule has 0 bridgehead atoms. The Balaban J connectivity index is 2.55. The Hall–Kier alpha value is -0.480. The fourth-order valence-corrected chi connectivity index (χ4v) is 1.78. The maximum absolute atomic E-state index is 5.61. The zero-order valence-corrected chi connectivity index (χ0v) is 9.32. The molecular formula is C8H12ClN3S. The van der Waals surface area contributed by atoms with E-state index in [1.165, 1.54) is 0 Å². The van der Waals surface area contributed by atoms with E-state index >= 15 is 0 Å². The van der Waals surface area contributed by atoms with Gasteiger partial charge in [0.2, 0.25) is 0 Å². The van der Waals surface area contributed by atoms with E-state index in [1.54, 1.807) is 11.8 Å². The molecule has 0 N–H and O–H groups in total. The molecule has 0 saturated carbocycles. The van der Waals surface area contributed by atoms with Crippen LogP contribution in [0.15, 0.2) is 17.3 Å². The lowest BCUT2D eigenvalue weighted by molar-refractivity contribution is 0.766. The number of hydrogen-bond donors (Lipinski definition) is 0. The highest BCUT2D eigenvalue weighted by Crippen LogP contribution is 2.17. The first kappa shape index (κ1) is 10.6. The Bertz CT molecular complexity index is 308. The summed E-state index contributed by atoms with van der Waals surface area (Å²) < 4.78 is 1.95. The van der Waals surface area contributed by atoms with Crippen LogP contribution in [0.1, 0.15) is 5.82 Å². The summed E-state index contributed by atoms with van der Waals surface area (Å²) in [6.45, 7) is 5.74. The molecule has 1 rings (SSSR count). The van der Waals surface area contributed by atoms with Gasteiger partial charge in [0.1, 0.15) is 5.82 Å². The molecule has 0 aliphatic heterocycles. The molecule has 1 aromatic rings. The van der Waals surface area contributed by atoms with Crippen molar-refractivity contribution in [2.24, 2.45) is 7.05 Å². The molecule has 72 valence electrons. The molecule has 3 nitrogen and oxygen atoms in total. The zero-order chi connectivity index (χ0) is 9.84. The van der Waals surface area contributed by atoms with Gasteiger partial charge in [-0.15, -0.1) is 21.8 Å². The highest BCUT2D eigenvalue weighted by Gasteiger charge is 2.05. The monoisotopic (exact) mass is 217 g/mol. The lowest BCUT2D eigenvalue weighted by atomic mass is 10.4. The van der Waals surface area contributed by atoms with E-state index in [-0.39, 0.29) is 0 Å².